The molecule has 68 heavy (non-hydrogen) atoms. The van der Waals surface area contributed by atoms with E-state index in [-0.39, 0.29) is 31.6 Å². The van der Waals surface area contributed by atoms with Crippen LogP contribution in [0.25, 0.3) is 0 Å². The molecular weight excluding hydrogens is 837 g/mol. The van der Waals surface area contributed by atoms with E-state index in [4.69, 9.17) is 14.2 Å². The molecule has 382 valence electrons. The van der Waals surface area contributed by atoms with Crippen molar-refractivity contribution in [3.63, 3.8) is 0 Å². The quantitative estimate of drug-likeness (QED) is 0.0346. The summed E-state index contributed by atoms with van der Waals surface area (Å²) in [6.07, 6.45) is 83.1. The normalized spacial score (nSPS) is 13.4. The fourth-order valence-electron chi connectivity index (χ4n) is 6.90. The van der Waals surface area contributed by atoms with Crippen molar-refractivity contribution in [1.29, 1.82) is 0 Å². The van der Waals surface area contributed by atoms with Crippen LogP contribution in [-0.2, 0) is 23.8 Å². The second-order valence-corrected chi connectivity index (χ2v) is 17.4. The van der Waals surface area contributed by atoms with Crippen molar-refractivity contribution in [2.24, 2.45) is 0 Å². The molecular formula is C63H100O5. The van der Waals surface area contributed by atoms with Gasteiger partial charge in [0.25, 0.3) is 0 Å². The third-order valence-corrected chi connectivity index (χ3v) is 10.9. The van der Waals surface area contributed by atoms with E-state index in [2.05, 4.69) is 161 Å². The second-order valence-electron chi connectivity index (χ2n) is 17.4. The lowest BCUT2D eigenvalue weighted by Gasteiger charge is -2.18. The first-order valence-corrected chi connectivity index (χ1v) is 27.4. The van der Waals surface area contributed by atoms with Gasteiger partial charge in [-0.05, 0) is 103 Å². The van der Waals surface area contributed by atoms with Crippen LogP contribution in [0, 0.1) is 0 Å². The minimum Gasteiger partial charge on any atom is -0.462 e. The van der Waals surface area contributed by atoms with Crippen LogP contribution in [0.4, 0.5) is 0 Å². The summed E-state index contributed by atoms with van der Waals surface area (Å²) in [5.74, 6) is -0.534. The van der Waals surface area contributed by atoms with Gasteiger partial charge in [0.1, 0.15) is 6.61 Å². The van der Waals surface area contributed by atoms with E-state index in [1.54, 1.807) is 0 Å². The number of unbranched alkanes of at least 4 members (excludes halogenated alkanes) is 13. The Hall–Kier alpha value is -4.22. The Kier molecular flexibility index (Phi) is 53.6. The highest BCUT2D eigenvalue weighted by Crippen LogP contribution is 2.14. The van der Waals surface area contributed by atoms with E-state index in [9.17, 15) is 9.59 Å². The first-order valence-electron chi connectivity index (χ1n) is 27.4. The third-order valence-electron chi connectivity index (χ3n) is 10.9. The van der Waals surface area contributed by atoms with Crippen LogP contribution in [-0.4, -0.2) is 37.9 Å². The van der Waals surface area contributed by atoms with Crippen molar-refractivity contribution >= 4 is 11.9 Å². The van der Waals surface area contributed by atoms with Gasteiger partial charge in [-0.1, -0.05) is 244 Å². The molecule has 0 radical (unpaired) electrons. The number of hydrogen-bond donors (Lipinski definition) is 0. The maximum absolute atomic E-state index is 12.8. The van der Waals surface area contributed by atoms with Gasteiger partial charge in [-0.2, -0.15) is 0 Å². The number of carbonyl (C=O) groups is 2. The smallest absolute Gasteiger partial charge is 0.306 e. The van der Waals surface area contributed by atoms with E-state index in [1.807, 2.05) is 6.08 Å². The van der Waals surface area contributed by atoms with Crippen LogP contribution in [0.2, 0.25) is 0 Å². The molecule has 0 aliphatic carbocycles. The Labute approximate surface area is 419 Å². The molecule has 0 aromatic carbocycles. The monoisotopic (exact) mass is 937 g/mol. The topological polar surface area (TPSA) is 61.8 Å². The summed E-state index contributed by atoms with van der Waals surface area (Å²) >= 11 is 0. The summed E-state index contributed by atoms with van der Waals surface area (Å²) in [6.45, 7) is 7.36. The van der Waals surface area contributed by atoms with E-state index in [0.29, 0.717) is 19.4 Å². The number of carbonyl (C=O) groups excluding carboxylic acids is 2. The SMILES string of the molecule is CC/C=C\C/C=C\C/C=C\C/C=C\C/C=C\C/C=C\CCCOCC(COC(=O)CC/C=C\C/C=C\C/C=C\C/C=C\C/C=C\C/C=C\CC)OC(=O)CCCCCCCCCCCCCCC. The molecule has 0 bridgehead atoms. The van der Waals surface area contributed by atoms with E-state index in [0.717, 1.165) is 109 Å². The van der Waals surface area contributed by atoms with Crippen LogP contribution in [0.15, 0.2) is 146 Å². The van der Waals surface area contributed by atoms with Crippen LogP contribution >= 0.6 is 0 Å². The molecule has 0 saturated heterocycles. The second kappa shape index (κ2) is 57.1. The molecule has 0 amide bonds. The van der Waals surface area contributed by atoms with Crippen LogP contribution in [0.5, 0.6) is 0 Å². The Balaban J connectivity index is 4.50. The molecule has 0 aliphatic rings. The van der Waals surface area contributed by atoms with Gasteiger partial charge in [-0.3, -0.25) is 9.59 Å². The van der Waals surface area contributed by atoms with Gasteiger partial charge in [-0.15, -0.1) is 0 Å². The van der Waals surface area contributed by atoms with Gasteiger partial charge in [0.15, 0.2) is 6.10 Å². The first-order chi connectivity index (χ1) is 33.6. The van der Waals surface area contributed by atoms with Crippen LogP contribution in [0.3, 0.4) is 0 Å². The molecule has 1 unspecified atom stereocenters. The molecule has 0 N–H and O–H groups in total. The number of ether oxygens (including phenoxy) is 3. The largest absolute Gasteiger partial charge is 0.462 e. The standard InChI is InChI=1S/C63H100O5/c1-4-7-10-13-16-19-22-25-27-29-31-33-35-37-40-43-46-49-52-55-58-66-59-61(68-63(65)57-54-51-48-45-42-38-24-21-18-15-12-9-6-3)60-67-62(64)56-53-50-47-44-41-39-36-34-32-30-28-26-23-20-17-14-11-8-5-2/h7-8,10-11,16-17,19-20,25-28,31-34,37,39-41,46-47,49-50,61H,4-6,9,12-15,18,21-24,29-30,35-36,38,42-45,48,51-60H2,1-3H3/b10-7-,11-8-,19-16-,20-17-,27-25-,28-26-,33-31-,34-32-,40-37-,41-39-,49-46-,50-47-. The molecule has 5 nitrogen and oxygen atoms in total. The summed E-state index contributed by atoms with van der Waals surface area (Å²) in [4.78, 5) is 25.4. The third kappa shape index (κ3) is 54.4. The van der Waals surface area contributed by atoms with Crippen molar-refractivity contribution < 1.29 is 23.8 Å². The predicted octanol–water partition coefficient (Wildman–Crippen LogP) is 18.9. The number of allylic oxidation sites excluding steroid dienone is 24. The fourth-order valence-corrected chi connectivity index (χ4v) is 6.90. The Morgan fingerprint density at radius 2 is 0.676 bits per heavy atom. The van der Waals surface area contributed by atoms with Gasteiger partial charge in [0.05, 0.1) is 6.61 Å². The number of rotatable bonds is 48. The maximum atomic E-state index is 12.8. The lowest BCUT2D eigenvalue weighted by Crippen LogP contribution is -2.30. The minimum atomic E-state index is -0.606. The predicted molar refractivity (Wildman–Crippen MR) is 297 cm³/mol. The van der Waals surface area contributed by atoms with E-state index < -0.39 is 6.10 Å². The summed E-state index contributed by atoms with van der Waals surface area (Å²) in [7, 11) is 0. The van der Waals surface area contributed by atoms with Gasteiger partial charge in [0, 0.05) is 19.4 Å². The molecule has 0 aromatic heterocycles. The lowest BCUT2D eigenvalue weighted by atomic mass is 10.0. The Morgan fingerprint density at radius 1 is 0.338 bits per heavy atom. The zero-order chi connectivity index (χ0) is 49.2. The average molecular weight is 937 g/mol. The van der Waals surface area contributed by atoms with Gasteiger partial charge in [-0.25, -0.2) is 0 Å². The zero-order valence-electron chi connectivity index (χ0n) is 43.8. The van der Waals surface area contributed by atoms with Crippen molar-refractivity contribution in [1.82, 2.24) is 0 Å². The highest BCUT2D eigenvalue weighted by Gasteiger charge is 2.17. The summed E-state index contributed by atoms with van der Waals surface area (Å²) in [5.41, 5.74) is 0. The van der Waals surface area contributed by atoms with Crippen molar-refractivity contribution in [2.75, 3.05) is 19.8 Å². The highest BCUT2D eigenvalue weighted by atomic mass is 16.6. The molecule has 1 atom stereocenters. The average Bonchev–Trinajstić information content (AvgIpc) is 3.34. The fraction of sp³-hybridized carbons (Fsp3) is 0.587. The number of hydrogen-bond acceptors (Lipinski definition) is 5. The maximum Gasteiger partial charge on any atom is 0.306 e. The van der Waals surface area contributed by atoms with Crippen molar-refractivity contribution in [3.8, 4) is 0 Å². The lowest BCUT2D eigenvalue weighted by molar-refractivity contribution is -0.162. The zero-order valence-corrected chi connectivity index (χ0v) is 43.8. The van der Waals surface area contributed by atoms with Crippen molar-refractivity contribution in [3.05, 3.63) is 146 Å². The molecule has 0 aliphatic heterocycles. The summed E-state index contributed by atoms with van der Waals surface area (Å²) < 4.78 is 17.3. The highest BCUT2D eigenvalue weighted by molar-refractivity contribution is 5.70. The summed E-state index contributed by atoms with van der Waals surface area (Å²) in [5, 5.41) is 0. The van der Waals surface area contributed by atoms with Gasteiger partial charge < -0.3 is 14.2 Å². The van der Waals surface area contributed by atoms with Crippen LogP contribution in [0.1, 0.15) is 213 Å². The molecule has 0 fully saturated rings. The minimum absolute atomic E-state index is 0.0140. The van der Waals surface area contributed by atoms with Gasteiger partial charge in [0.2, 0.25) is 0 Å². The summed E-state index contributed by atoms with van der Waals surface area (Å²) in [6, 6.07) is 0. The van der Waals surface area contributed by atoms with Gasteiger partial charge >= 0.3 is 11.9 Å². The Morgan fingerprint density at radius 3 is 1.06 bits per heavy atom. The first kappa shape index (κ1) is 63.8. The molecule has 5 heteroatoms. The number of esters is 2. The van der Waals surface area contributed by atoms with Crippen molar-refractivity contribution in [2.45, 2.75) is 219 Å². The molecule has 0 aromatic rings. The molecule has 0 saturated carbocycles. The molecule has 0 rings (SSSR count). The molecule has 0 heterocycles. The van der Waals surface area contributed by atoms with E-state index in [1.165, 1.54) is 64.2 Å². The Bertz CT molecular complexity index is 1480. The van der Waals surface area contributed by atoms with Crippen LogP contribution < -0.4 is 0 Å². The molecule has 0 spiro atoms. The van der Waals surface area contributed by atoms with E-state index >= 15 is 0 Å².